The highest BCUT2D eigenvalue weighted by atomic mass is 32.2. The zero-order valence-corrected chi connectivity index (χ0v) is 32.3. The first kappa shape index (κ1) is 47.4. The summed E-state index contributed by atoms with van der Waals surface area (Å²) in [6.07, 6.45) is 18.8. The Labute approximate surface area is 307 Å². The van der Waals surface area contributed by atoms with Crippen molar-refractivity contribution in [3.63, 3.8) is 0 Å². The summed E-state index contributed by atoms with van der Waals surface area (Å²) >= 11 is 0. The summed E-state index contributed by atoms with van der Waals surface area (Å²) in [5.41, 5.74) is 0. The van der Waals surface area contributed by atoms with E-state index in [1.807, 2.05) is 6.08 Å². The Morgan fingerprint density at radius 2 is 1.16 bits per heavy atom. The first-order valence-corrected chi connectivity index (χ1v) is 21.4. The van der Waals surface area contributed by atoms with Crippen LogP contribution in [0.1, 0.15) is 162 Å². The van der Waals surface area contributed by atoms with Crippen LogP contribution < -0.4 is 0 Å². The van der Waals surface area contributed by atoms with Crippen molar-refractivity contribution in [3.8, 4) is 0 Å². The number of carbonyl (C=O) groups excluding carboxylic acids is 2. The fourth-order valence-electron chi connectivity index (χ4n) is 5.99. The third-order valence-electron chi connectivity index (χ3n) is 9.11. The van der Waals surface area contributed by atoms with E-state index in [9.17, 15) is 37.9 Å². The van der Waals surface area contributed by atoms with Gasteiger partial charge in [-0.1, -0.05) is 135 Å². The third kappa shape index (κ3) is 25.1. The Morgan fingerprint density at radius 3 is 1.71 bits per heavy atom. The van der Waals surface area contributed by atoms with Crippen LogP contribution in [0, 0.1) is 0 Å². The molecular formula is C38H70O12S. The molecule has 1 rings (SSSR count). The van der Waals surface area contributed by atoms with Crippen molar-refractivity contribution < 1.29 is 56.8 Å². The Kier molecular flexibility index (Phi) is 27.7. The van der Waals surface area contributed by atoms with Crippen LogP contribution in [-0.4, -0.2) is 96.0 Å². The van der Waals surface area contributed by atoms with Crippen molar-refractivity contribution in [2.75, 3.05) is 19.0 Å². The van der Waals surface area contributed by atoms with Crippen LogP contribution in [0.4, 0.5) is 0 Å². The second-order valence-electron chi connectivity index (χ2n) is 14.0. The zero-order valence-electron chi connectivity index (χ0n) is 31.5. The molecule has 4 N–H and O–H groups in total. The Balaban J connectivity index is 2.50. The topological polar surface area (TPSA) is 186 Å². The molecule has 6 atom stereocenters. The standard InChI is InChI=1S/C38H70O12S/c1-3-5-7-9-11-13-14-15-16-17-18-19-21-22-24-26-33(39)47-28-31(49-34(40)27-25-23-20-12-10-8-6-4-2)29-48-38-37(43)36(42)35(41)32(50-38)30-51(44,45)46/h21-22,31-32,35-38,41-43H,3-20,23-30H2,1-2H3,(H,44,45,46)/b22-21+/t31-,32-,35-,36?,37?,38+/m1/s1. The average Bonchev–Trinajstić information content (AvgIpc) is 3.09. The lowest BCUT2D eigenvalue weighted by Crippen LogP contribution is -2.60. The number of hydrogen-bond acceptors (Lipinski definition) is 11. The first-order chi connectivity index (χ1) is 24.5. The van der Waals surface area contributed by atoms with Gasteiger partial charge >= 0.3 is 11.9 Å². The predicted molar refractivity (Wildman–Crippen MR) is 197 cm³/mol. The lowest BCUT2D eigenvalue weighted by Gasteiger charge is -2.40. The maximum atomic E-state index is 12.6. The number of aliphatic hydroxyl groups excluding tert-OH is 3. The Bertz CT molecular complexity index is 1020. The molecule has 1 aliphatic rings. The van der Waals surface area contributed by atoms with Crippen molar-refractivity contribution >= 4 is 22.1 Å². The van der Waals surface area contributed by atoms with Gasteiger partial charge in [0.2, 0.25) is 0 Å². The van der Waals surface area contributed by atoms with Crippen molar-refractivity contribution in [1.29, 1.82) is 0 Å². The van der Waals surface area contributed by atoms with Crippen LogP contribution >= 0.6 is 0 Å². The van der Waals surface area contributed by atoms with Gasteiger partial charge in [-0.3, -0.25) is 14.1 Å². The van der Waals surface area contributed by atoms with E-state index < -0.39 is 71.2 Å². The molecule has 0 radical (unpaired) electrons. The number of unbranched alkanes of at least 4 members (excludes halogenated alkanes) is 18. The molecule has 1 heterocycles. The maximum absolute atomic E-state index is 12.6. The first-order valence-electron chi connectivity index (χ1n) is 19.7. The van der Waals surface area contributed by atoms with Crippen molar-refractivity contribution in [2.24, 2.45) is 0 Å². The van der Waals surface area contributed by atoms with E-state index >= 15 is 0 Å². The highest BCUT2D eigenvalue weighted by Crippen LogP contribution is 2.24. The second kappa shape index (κ2) is 29.8. The molecule has 0 aromatic carbocycles. The van der Waals surface area contributed by atoms with E-state index in [0.29, 0.717) is 12.8 Å². The molecule has 1 saturated heterocycles. The van der Waals surface area contributed by atoms with E-state index in [4.69, 9.17) is 18.9 Å². The molecular weight excluding hydrogens is 680 g/mol. The van der Waals surface area contributed by atoms with Crippen LogP contribution in [0.15, 0.2) is 12.2 Å². The molecule has 2 unspecified atom stereocenters. The molecule has 0 aromatic heterocycles. The summed E-state index contributed by atoms with van der Waals surface area (Å²) < 4.78 is 53.7. The van der Waals surface area contributed by atoms with E-state index in [-0.39, 0.29) is 19.4 Å². The summed E-state index contributed by atoms with van der Waals surface area (Å²) in [6.45, 7) is 3.66. The SMILES string of the molecule is CCCCCCCCCCCCC/C=C/CCC(=O)OC[C@H](CO[C@H]1O[C@H](CS(=O)(=O)O)[C@@H](O)C(O)C1O)OC(=O)CCCCCCCCCC. The average molecular weight is 751 g/mol. The minimum Gasteiger partial charge on any atom is -0.462 e. The third-order valence-corrected chi connectivity index (χ3v) is 9.86. The van der Waals surface area contributed by atoms with Gasteiger partial charge in [-0.25, -0.2) is 0 Å². The lowest BCUT2D eigenvalue weighted by atomic mass is 10.00. The molecule has 51 heavy (non-hydrogen) atoms. The number of aliphatic hydroxyl groups is 3. The van der Waals surface area contributed by atoms with Crippen LogP contribution in [0.25, 0.3) is 0 Å². The minimum absolute atomic E-state index is 0.139. The minimum atomic E-state index is -4.59. The van der Waals surface area contributed by atoms with E-state index in [2.05, 4.69) is 19.9 Å². The van der Waals surface area contributed by atoms with Crippen LogP contribution in [0.3, 0.4) is 0 Å². The summed E-state index contributed by atoms with van der Waals surface area (Å²) in [4.78, 5) is 25.1. The summed E-state index contributed by atoms with van der Waals surface area (Å²) in [5, 5.41) is 30.7. The number of ether oxygens (including phenoxy) is 4. The van der Waals surface area contributed by atoms with Crippen molar-refractivity contribution in [3.05, 3.63) is 12.2 Å². The van der Waals surface area contributed by atoms with Crippen LogP contribution in [-0.2, 0) is 38.7 Å². The summed E-state index contributed by atoms with van der Waals surface area (Å²) in [5.74, 6) is -2.04. The molecule has 300 valence electrons. The molecule has 0 amide bonds. The number of carbonyl (C=O) groups is 2. The summed E-state index contributed by atoms with van der Waals surface area (Å²) in [7, 11) is -4.59. The molecule has 12 nitrogen and oxygen atoms in total. The molecule has 0 spiro atoms. The van der Waals surface area contributed by atoms with Gasteiger partial charge in [-0.15, -0.1) is 0 Å². The van der Waals surface area contributed by atoms with E-state index in [1.165, 1.54) is 89.9 Å². The van der Waals surface area contributed by atoms with Crippen molar-refractivity contribution in [1.82, 2.24) is 0 Å². The molecule has 13 heteroatoms. The number of rotatable bonds is 32. The number of hydrogen-bond donors (Lipinski definition) is 4. The number of allylic oxidation sites excluding steroid dienone is 2. The lowest BCUT2D eigenvalue weighted by molar-refractivity contribution is -0.297. The van der Waals surface area contributed by atoms with Gasteiger partial charge in [0.1, 0.15) is 36.8 Å². The normalized spacial score (nSPS) is 21.6. The maximum Gasteiger partial charge on any atom is 0.306 e. The Morgan fingerprint density at radius 1 is 0.647 bits per heavy atom. The summed E-state index contributed by atoms with van der Waals surface area (Å²) in [6, 6.07) is 0. The highest BCUT2D eigenvalue weighted by molar-refractivity contribution is 7.85. The molecule has 1 aliphatic heterocycles. The quantitative estimate of drug-likeness (QED) is 0.0247. The van der Waals surface area contributed by atoms with E-state index in [1.54, 1.807) is 0 Å². The molecule has 0 aromatic rings. The molecule has 0 aliphatic carbocycles. The van der Waals surface area contributed by atoms with Crippen LogP contribution in [0.5, 0.6) is 0 Å². The van der Waals surface area contributed by atoms with Gasteiger partial charge in [0.25, 0.3) is 10.1 Å². The smallest absolute Gasteiger partial charge is 0.306 e. The second-order valence-corrected chi connectivity index (χ2v) is 15.4. The van der Waals surface area contributed by atoms with Crippen molar-refractivity contribution in [2.45, 2.75) is 198 Å². The number of esters is 2. The van der Waals surface area contributed by atoms with Gasteiger partial charge in [0, 0.05) is 12.8 Å². The zero-order chi connectivity index (χ0) is 37.7. The Hall–Kier alpha value is -1.61. The van der Waals surface area contributed by atoms with Gasteiger partial charge in [0.15, 0.2) is 12.4 Å². The van der Waals surface area contributed by atoms with Gasteiger partial charge in [-0.05, 0) is 25.7 Å². The fraction of sp³-hybridized carbons (Fsp3) is 0.895. The predicted octanol–water partition coefficient (Wildman–Crippen LogP) is 6.72. The molecule has 1 fully saturated rings. The van der Waals surface area contributed by atoms with E-state index in [0.717, 1.165) is 32.1 Å². The van der Waals surface area contributed by atoms with Gasteiger partial charge in [0.05, 0.1) is 6.61 Å². The fourth-order valence-corrected chi connectivity index (χ4v) is 6.68. The monoisotopic (exact) mass is 750 g/mol. The van der Waals surface area contributed by atoms with Gasteiger partial charge in [-0.2, -0.15) is 8.42 Å². The molecule has 0 saturated carbocycles. The molecule has 0 bridgehead atoms. The van der Waals surface area contributed by atoms with Gasteiger partial charge < -0.3 is 34.3 Å². The highest BCUT2D eigenvalue weighted by Gasteiger charge is 2.46. The largest absolute Gasteiger partial charge is 0.462 e. The van der Waals surface area contributed by atoms with Crippen LogP contribution in [0.2, 0.25) is 0 Å².